The third-order valence-electron chi connectivity index (χ3n) is 3.96. The van der Waals surface area contributed by atoms with Crippen LogP contribution in [0.25, 0.3) is 0 Å². The van der Waals surface area contributed by atoms with E-state index in [0.29, 0.717) is 0 Å². The van der Waals surface area contributed by atoms with Crippen LogP contribution >= 0.6 is 0 Å². The molecule has 0 fully saturated rings. The van der Waals surface area contributed by atoms with Gasteiger partial charge in [0.15, 0.2) is 0 Å². The average Bonchev–Trinajstić information content (AvgIpc) is 2.42. The minimum Gasteiger partial charge on any atom is -0.352 e. The van der Waals surface area contributed by atoms with Gasteiger partial charge in [0, 0.05) is 24.3 Å². The molecule has 0 N–H and O–H groups in total. The van der Waals surface area contributed by atoms with Gasteiger partial charge in [-0.1, -0.05) is 6.07 Å². The van der Waals surface area contributed by atoms with E-state index in [1.165, 1.54) is 11.6 Å². The number of hydrogen-bond donors (Lipinski definition) is 0. The lowest BCUT2D eigenvalue weighted by Crippen LogP contribution is -2.32. The van der Waals surface area contributed by atoms with Crippen LogP contribution in [-0.2, 0) is 13.0 Å². The zero-order valence-corrected chi connectivity index (χ0v) is 12.1. The van der Waals surface area contributed by atoms with Gasteiger partial charge in [-0.3, -0.25) is 0 Å². The molecule has 1 aliphatic rings. The fourth-order valence-corrected chi connectivity index (χ4v) is 2.76. The first kappa shape index (κ1) is 13.0. The molecule has 1 aromatic carbocycles. The predicted octanol–water partition coefficient (Wildman–Crippen LogP) is 3.10. The number of aryl methyl sites for hydroxylation is 2. The van der Waals surface area contributed by atoms with Gasteiger partial charge in [-0.25, -0.2) is 14.4 Å². The summed E-state index contributed by atoms with van der Waals surface area (Å²) < 4.78 is 13.3. The molecule has 0 bridgehead atoms. The number of nitrogens with zero attached hydrogens (tertiary/aromatic N) is 3. The molecule has 20 heavy (non-hydrogen) atoms. The zero-order valence-electron chi connectivity index (χ0n) is 12.1. The van der Waals surface area contributed by atoms with Gasteiger partial charge < -0.3 is 4.90 Å². The van der Waals surface area contributed by atoms with Crippen LogP contribution in [-0.4, -0.2) is 16.5 Å². The summed E-state index contributed by atoms with van der Waals surface area (Å²) in [6, 6.07) is 5.06. The monoisotopic (exact) mass is 271 g/mol. The maximum atomic E-state index is 13.3. The van der Waals surface area contributed by atoms with E-state index in [2.05, 4.69) is 21.8 Å². The molecule has 0 spiro atoms. The fourth-order valence-electron chi connectivity index (χ4n) is 2.76. The molecule has 0 saturated carbocycles. The maximum Gasteiger partial charge on any atom is 0.135 e. The molecule has 0 radical (unpaired) electrons. The Morgan fingerprint density at radius 3 is 2.70 bits per heavy atom. The van der Waals surface area contributed by atoms with Gasteiger partial charge in [0.05, 0.1) is 0 Å². The molecule has 2 aromatic rings. The van der Waals surface area contributed by atoms with Crippen LogP contribution in [0, 0.1) is 26.6 Å². The van der Waals surface area contributed by atoms with E-state index in [9.17, 15) is 4.39 Å². The second-order valence-corrected chi connectivity index (χ2v) is 5.39. The van der Waals surface area contributed by atoms with Crippen molar-refractivity contribution in [1.29, 1.82) is 0 Å². The van der Waals surface area contributed by atoms with Crippen LogP contribution in [0.1, 0.15) is 28.2 Å². The molecule has 0 unspecified atom stereocenters. The fraction of sp³-hybridized carbons (Fsp3) is 0.375. The van der Waals surface area contributed by atoms with Crippen molar-refractivity contribution in [1.82, 2.24) is 9.97 Å². The predicted molar refractivity (Wildman–Crippen MR) is 77.4 cm³/mol. The molecule has 2 heterocycles. The quantitative estimate of drug-likeness (QED) is 0.798. The molecule has 4 heteroatoms. The third kappa shape index (κ3) is 2.26. The van der Waals surface area contributed by atoms with Crippen LogP contribution in [0.4, 0.5) is 10.2 Å². The summed E-state index contributed by atoms with van der Waals surface area (Å²) in [6.45, 7) is 7.65. The number of halogens is 1. The van der Waals surface area contributed by atoms with E-state index in [1.54, 1.807) is 6.07 Å². The summed E-state index contributed by atoms with van der Waals surface area (Å²) in [5, 5.41) is 0. The second kappa shape index (κ2) is 4.85. The SMILES string of the molecule is Cc1nc(C)c(C)c(N2CCc3cc(F)ccc3C2)n1. The van der Waals surface area contributed by atoms with E-state index in [1.807, 2.05) is 19.9 Å². The van der Waals surface area contributed by atoms with Crippen molar-refractivity contribution in [3.8, 4) is 0 Å². The smallest absolute Gasteiger partial charge is 0.135 e. The zero-order chi connectivity index (χ0) is 14.3. The molecule has 3 nitrogen and oxygen atoms in total. The molecular formula is C16H18FN3. The molecule has 3 rings (SSSR count). The van der Waals surface area contributed by atoms with Gasteiger partial charge in [0.1, 0.15) is 17.5 Å². The lowest BCUT2D eigenvalue weighted by atomic mass is 9.99. The lowest BCUT2D eigenvalue weighted by Gasteiger charge is -2.31. The van der Waals surface area contributed by atoms with E-state index in [0.717, 1.165) is 48.0 Å². The normalized spacial score (nSPS) is 14.3. The lowest BCUT2D eigenvalue weighted by molar-refractivity contribution is 0.618. The Balaban J connectivity index is 1.96. The first-order valence-electron chi connectivity index (χ1n) is 6.88. The molecule has 1 aromatic heterocycles. The largest absolute Gasteiger partial charge is 0.352 e. The van der Waals surface area contributed by atoms with Gasteiger partial charge in [0.2, 0.25) is 0 Å². The Hall–Kier alpha value is -1.97. The van der Waals surface area contributed by atoms with Crippen molar-refractivity contribution in [2.24, 2.45) is 0 Å². The first-order valence-corrected chi connectivity index (χ1v) is 6.88. The Kier molecular flexibility index (Phi) is 3.16. The van der Waals surface area contributed by atoms with E-state index < -0.39 is 0 Å². The number of anilines is 1. The molecule has 104 valence electrons. The summed E-state index contributed by atoms with van der Waals surface area (Å²) in [6.07, 6.45) is 0.856. The maximum absolute atomic E-state index is 13.3. The minimum atomic E-state index is -0.151. The van der Waals surface area contributed by atoms with Crippen LogP contribution in [0.5, 0.6) is 0 Å². The van der Waals surface area contributed by atoms with Crippen molar-refractivity contribution < 1.29 is 4.39 Å². The second-order valence-electron chi connectivity index (χ2n) is 5.39. The summed E-state index contributed by atoms with van der Waals surface area (Å²) in [5.74, 6) is 1.65. The highest BCUT2D eigenvalue weighted by Crippen LogP contribution is 2.26. The van der Waals surface area contributed by atoms with Crippen molar-refractivity contribution in [3.05, 3.63) is 52.2 Å². The van der Waals surface area contributed by atoms with Crippen LogP contribution < -0.4 is 4.90 Å². The Labute approximate surface area is 118 Å². The van der Waals surface area contributed by atoms with E-state index >= 15 is 0 Å². The van der Waals surface area contributed by atoms with Crippen LogP contribution in [0.2, 0.25) is 0 Å². The summed E-state index contributed by atoms with van der Waals surface area (Å²) in [7, 11) is 0. The Bertz CT molecular complexity index is 667. The van der Waals surface area contributed by atoms with E-state index in [-0.39, 0.29) is 5.82 Å². The standard InChI is InChI=1S/C16H18FN3/c1-10-11(2)18-12(3)19-16(10)20-7-6-13-8-15(17)5-4-14(13)9-20/h4-5,8H,6-7,9H2,1-3H3. The highest BCUT2D eigenvalue weighted by Gasteiger charge is 2.20. The number of aromatic nitrogens is 2. The summed E-state index contributed by atoms with van der Waals surface area (Å²) in [5.41, 5.74) is 4.45. The van der Waals surface area contributed by atoms with Crippen LogP contribution in [0.3, 0.4) is 0 Å². The first-order chi connectivity index (χ1) is 9.54. The van der Waals surface area contributed by atoms with Gasteiger partial charge >= 0.3 is 0 Å². The van der Waals surface area contributed by atoms with Crippen molar-refractivity contribution in [2.75, 3.05) is 11.4 Å². The Morgan fingerprint density at radius 2 is 1.90 bits per heavy atom. The van der Waals surface area contributed by atoms with E-state index in [4.69, 9.17) is 0 Å². The van der Waals surface area contributed by atoms with Gasteiger partial charge in [0.25, 0.3) is 0 Å². The molecule has 0 aliphatic carbocycles. The number of hydrogen-bond acceptors (Lipinski definition) is 3. The number of rotatable bonds is 1. The molecule has 1 aliphatic heterocycles. The van der Waals surface area contributed by atoms with Crippen molar-refractivity contribution in [3.63, 3.8) is 0 Å². The molecular weight excluding hydrogens is 253 g/mol. The average molecular weight is 271 g/mol. The van der Waals surface area contributed by atoms with Crippen molar-refractivity contribution >= 4 is 5.82 Å². The van der Waals surface area contributed by atoms with Gasteiger partial charge in [-0.2, -0.15) is 0 Å². The third-order valence-corrected chi connectivity index (χ3v) is 3.96. The van der Waals surface area contributed by atoms with Gasteiger partial charge in [-0.05, 0) is 50.5 Å². The number of fused-ring (bicyclic) bond motifs is 1. The topological polar surface area (TPSA) is 29.0 Å². The minimum absolute atomic E-state index is 0.151. The summed E-state index contributed by atoms with van der Waals surface area (Å²) in [4.78, 5) is 11.2. The molecule has 0 amide bonds. The molecule has 0 saturated heterocycles. The van der Waals surface area contributed by atoms with Crippen LogP contribution in [0.15, 0.2) is 18.2 Å². The highest BCUT2D eigenvalue weighted by molar-refractivity contribution is 5.51. The Morgan fingerprint density at radius 1 is 1.10 bits per heavy atom. The van der Waals surface area contributed by atoms with Gasteiger partial charge in [-0.15, -0.1) is 0 Å². The molecule has 0 atom stereocenters. The van der Waals surface area contributed by atoms with Crippen molar-refractivity contribution in [2.45, 2.75) is 33.7 Å². The highest BCUT2D eigenvalue weighted by atomic mass is 19.1. The number of benzene rings is 1. The summed E-state index contributed by atoms with van der Waals surface area (Å²) >= 11 is 0.